The second-order valence-corrected chi connectivity index (χ2v) is 7.05. The maximum absolute atomic E-state index is 12.5. The van der Waals surface area contributed by atoms with E-state index in [4.69, 9.17) is 9.47 Å². The minimum Gasteiger partial charge on any atom is -0.454 e. The Balaban J connectivity index is 1.54. The van der Waals surface area contributed by atoms with E-state index in [-0.39, 0.29) is 12.7 Å². The maximum Gasteiger partial charge on any atom is 0.270 e. The number of amides is 1. The summed E-state index contributed by atoms with van der Waals surface area (Å²) in [7, 11) is 0. The highest BCUT2D eigenvalue weighted by atomic mass is 32.1. The lowest BCUT2D eigenvalue weighted by Crippen LogP contribution is -2.41. The second-order valence-electron chi connectivity index (χ2n) is 6.15. The molecule has 1 amide bonds. The molecule has 0 bridgehead atoms. The van der Waals surface area contributed by atoms with E-state index in [0.29, 0.717) is 22.9 Å². The lowest BCUT2D eigenvalue weighted by Gasteiger charge is -2.23. The molecule has 0 unspecified atom stereocenters. The number of thiazole rings is 1. The SMILES string of the molecule is CC(C)(NC(=O)c1cc(-c2ccc3c(c2)OCO3)n[nH]1)c1nccs1. The third-order valence-corrected chi connectivity index (χ3v) is 4.98. The van der Waals surface area contributed by atoms with E-state index in [2.05, 4.69) is 20.5 Å². The third-order valence-electron chi connectivity index (χ3n) is 3.88. The van der Waals surface area contributed by atoms with Crippen molar-refractivity contribution in [3.8, 4) is 22.8 Å². The van der Waals surface area contributed by atoms with Crippen LogP contribution < -0.4 is 14.8 Å². The van der Waals surface area contributed by atoms with Gasteiger partial charge in [0, 0.05) is 17.1 Å². The highest BCUT2D eigenvalue weighted by Gasteiger charge is 2.27. The molecule has 2 aromatic heterocycles. The van der Waals surface area contributed by atoms with Crippen molar-refractivity contribution in [2.24, 2.45) is 0 Å². The molecule has 0 aliphatic carbocycles. The Kier molecular flexibility index (Phi) is 3.69. The number of carbonyl (C=O) groups excluding carboxylic acids is 1. The zero-order chi connectivity index (χ0) is 17.4. The molecule has 1 aliphatic heterocycles. The lowest BCUT2D eigenvalue weighted by molar-refractivity contribution is 0.0906. The largest absolute Gasteiger partial charge is 0.454 e. The molecule has 8 heteroatoms. The van der Waals surface area contributed by atoms with Gasteiger partial charge in [0.1, 0.15) is 10.7 Å². The number of rotatable bonds is 4. The van der Waals surface area contributed by atoms with Crippen LogP contribution >= 0.6 is 11.3 Å². The summed E-state index contributed by atoms with van der Waals surface area (Å²) in [4.78, 5) is 16.8. The smallest absolute Gasteiger partial charge is 0.270 e. The van der Waals surface area contributed by atoms with E-state index in [9.17, 15) is 4.79 Å². The molecule has 1 aliphatic rings. The van der Waals surface area contributed by atoms with E-state index in [1.165, 1.54) is 11.3 Å². The number of nitrogens with zero attached hydrogens (tertiary/aromatic N) is 2. The van der Waals surface area contributed by atoms with Crippen LogP contribution in [-0.4, -0.2) is 27.9 Å². The van der Waals surface area contributed by atoms with Crippen molar-refractivity contribution in [2.45, 2.75) is 19.4 Å². The molecule has 7 nitrogen and oxygen atoms in total. The van der Waals surface area contributed by atoms with Crippen LogP contribution in [0.1, 0.15) is 29.3 Å². The highest BCUT2D eigenvalue weighted by Crippen LogP contribution is 2.35. The Morgan fingerprint density at radius 1 is 1.28 bits per heavy atom. The molecule has 3 heterocycles. The van der Waals surface area contributed by atoms with Gasteiger partial charge in [0.15, 0.2) is 11.5 Å². The molecule has 0 saturated carbocycles. The summed E-state index contributed by atoms with van der Waals surface area (Å²) in [6.07, 6.45) is 1.72. The van der Waals surface area contributed by atoms with Crippen molar-refractivity contribution < 1.29 is 14.3 Å². The summed E-state index contributed by atoms with van der Waals surface area (Å²) in [6.45, 7) is 4.05. The van der Waals surface area contributed by atoms with Gasteiger partial charge in [-0.25, -0.2) is 4.98 Å². The molecule has 25 heavy (non-hydrogen) atoms. The van der Waals surface area contributed by atoms with Gasteiger partial charge in [-0.05, 0) is 38.1 Å². The van der Waals surface area contributed by atoms with Gasteiger partial charge >= 0.3 is 0 Å². The summed E-state index contributed by atoms with van der Waals surface area (Å²) in [6, 6.07) is 7.27. The first-order valence-electron chi connectivity index (χ1n) is 7.71. The summed E-state index contributed by atoms with van der Waals surface area (Å²) in [5.41, 5.74) is 1.33. The second kappa shape index (κ2) is 5.89. The molecular weight excluding hydrogens is 340 g/mol. The van der Waals surface area contributed by atoms with Gasteiger partial charge in [0.05, 0.1) is 11.2 Å². The quantitative estimate of drug-likeness (QED) is 0.750. The normalized spacial score (nSPS) is 13.0. The van der Waals surface area contributed by atoms with Crippen molar-refractivity contribution in [1.29, 1.82) is 0 Å². The Bertz CT molecular complexity index is 918. The minimum absolute atomic E-state index is 0.221. The van der Waals surface area contributed by atoms with Crippen LogP contribution in [0.5, 0.6) is 11.5 Å². The third kappa shape index (κ3) is 2.96. The van der Waals surface area contributed by atoms with Gasteiger partial charge in [-0.2, -0.15) is 5.10 Å². The molecule has 0 spiro atoms. The van der Waals surface area contributed by atoms with Crippen LogP contribution in [0.15, 0.2) is 35.8 Å². The van der Waals surface area contributed by atoms with Crippen LogP contribution in [0.2, 0.25) is 0 Å². The fraction of sp³-hybridized carbons (Fsp3) is 0.235. The van der Waals surface area contributed by atoms with Gasteiger partial charge in [0.2, 0.25) is 6.79 Å². The van der Waals surface area contributed by atoms with E-state index in [1.54, 1.807) is 12.3 Å². The fourth-order valence-corrected chi connectivity index (χ4v) is 3.30. The predicted molar refractivity (Wildman–Crippen MR) is 92.8 cm³/mol. The van der Waals surface area contributed by atoms with Crippen LogP contribution in [0, 0.1) is 0 Å². The highest BCUT2D eigenvalue weighted by molar-refractivity contribution is 7.09. The Morgan fingerprint density at radius 3 is 2.92 bits per heavy atom. The summed E-state index contributed by atoms with van der Waals surface area (Å²) < 4.78 is 10.7. The van der Waals surface area contributed by atoms with Gasteiger partial charge in [0.25, 0.3) is 5.91 Å². The van der Waals surface area contributed by atoms with Crippen molar-refractivity contribution in [3.63, 3.8) is 0 Å². The van der Waals surface area contributed by atoms with Crippen LogP contribution in [0.25, 0.3) is 11.3 Å². The van der Waals surface area contributed by atoms with Crippen molar-refractivity contribution in [3.05, 3.63) is 46.5 Å². The zero-order valence-electron chi connectivity index (χ0n) is 13.7. The van der Waals surface area contributed by atoms with E-state index >= 15 is 0 Å². The number of nitrogens with one attached hydrogen (secondary N) is 2. The lowest BCUT2D eigenvalue weighted by atomic mass is 10.1. The molecule has 1 aromatic carbocycles. The number of aromatic nitrogens is 3. The standard InChI is InChI=1S/C17H16N4O3S/c1-17(2,16-18-5-6-25-16)19-15(22)12-8-11(20-21-12)10-3-4-13-14(7-10)24-9-23-13/h3-8H,9H2,1-2H3,(H,19,22)(H,20,21). The maximum atomic E-state index is 12.5. The zero-order valence-corrected chi connectivity index (χ0v) is 14.5. The molecular formula is C17H16N4O3S. The van der Waals surface area contributed by atoms with E-state index in [0.717, 1.165) is 10.6 Å². The fourth-order valence-electron chi connectivity index (χ4n) is 2.58. The number of fused-ring (bicyclic) bond motifs is 1. The van der Waals surface area contributed by atoms with Crippen LogP contribution in [0.3, 0.4) is 0 Å². The molecule has 0 radical (unpaired) electrons. The van der Waals surface area contributed by atoms with Gasteiger partial charge < -0.3 is 14.8 Å². The van der Waals surface area contributed by atoms with Crippen molar-refractivity contribution in [2.75, 3.05) is 6.79 Å². The summed E-state index contributed by atoms with van der Waals surface area (Å²) in [5, 5.41) is 12.7. The first-order valence-corrected chi connectivity index (χ1v) is 8.59. The Morgan fingerprint density at radius 2 is 2.12 bits per heavy atom. The van der Waals surface area contributed by atoms with Gasteiger partial charge in [-0.1, -0.05) is 0 Å². The number of H-pyrrole nitrogens is 1. The van der Waals surface area contributed by atoms with Crippen LogP contribution in [0.4, 0.5) is 0 Å². The Hall–Kier alpha value is -2.87. The summed E-state index contributed by atoms with van der Waals surface area (Å²) in [5.74, 6) is 1.15. The van der Waals surface area contributed by atoms with E-state index in [1.807, 2.05) is 37.4 Å². The monoisotopic (exact) mass is 356 g/mol. The summed E-state index contributed by atoms with van der Waals surface area (Å²) >= 11 is 1.50. The number of aromatic amines is 1. The number of hydrogen-bond acceptors (Lipinski definition) is 6. The van der Waals surface area contributed by atoms with Gasteiger partial charge in [-0.3, -0.25) is 9.89 Å². The molecule has 4 rings (SSSR count). The van der Waals surface area contributed by atoms with E-state index < -0.39 is 5.54 Å². The molecule has 0 fully saturated rings. The van der Waals surface area contributed by atoms with Crippen LogP contribution in [-0.2, 0) is 5.54 Å². The number of carbonyl (C=O) groups is 1. The van der Waals surface area contributed by atoms with Gasteiger partial charge in [-0.15, -0.1) is 11.3 Å². The minimum atomic E-state index is -0.560. The molecule has 3 aromatic rings. The molecule has 2 N–H and O–H groups in total. The molecule has 0 saturated heterocycles. The average Bonchev–Trinajstić information content (AvgIpc) is 3.33. The predicted octanol–water partition coefficient (Wildman–Crippen LogP) is 2.93. The molecule has 0 atom stereocenters. The Labute approximate surface area is 148 Å². The van der Waals surface area contributed by atoms with Crippen molar-refractivity contribution >= 4 is 17.2 Å². The van der Waals surface area contributed by atoms with Crippen molar-refractivity contribution in [1.82, 2.24) is 20.5 Å². The number of hydrogen-bond donors (Lipinski definition) is 2. The first-order chi connectivity index (χ1) is 12.0. The average molecular weight is 356 g/mol. The topological polar surface area (TPSA) is 89.1 Å². The molecule has 128 valence electrons. The number of ether oxygens (including phenoxy) is 2. The number of benzene rings is 1. The first kappa shape index (κ1) is 15.6.